The van der Waals surface area contributed by atoms with Crippen molar-refractivity contribution >= 4 is 0 Å². The average molecular weight is 214 g/mol. The van der Waals surface area contributed by atoms with Crippen molar-refractivity contribution in [1.82, 2.24) is 0 Å². The van der Waals surface area contributed by atoms with Crippen LogP contribution in [0, 0.1) is 17.6 Å². The van der Waals surface area contributed by atoms with E-state index in [2.05, 4.69) is 0 Å². The lowest BCUT2D eigenvalue weighted by molar-refractivity contribution is 0.216. The minimum atomic E-state index is -0.819. The molecule has 0 amide bonds. The van der Waals surface area contributed by atoms with E-state index in [4.69, 9.17) is 5.11 Å². The SMILES string of the molecule is CCCC(CO)Cc1cccc(F)c1F. The van der Waals surface area contributed by atoms with Gasteiger partial charge in [-0.2, -0.15) is 0 Å². The van der Waals surface area contributed by atoms with Crippen LogP contribution in [0.2, 0.25) is 0 Å². The first-order valence-electron chi connectivity index (χ1n) is 5.22. The van der Waals surface area contributed by atoms with Gasteiger partial charge in [0.1, 0.15) is 0 Å². The quantitative estimate of drug-likeness (QED) is 0.799. The van der Waals surface area contributed by atoms with E-state index in [1.165, 1.54) is 6.07 Å². The second-order valence-electron chi connectivity index (χ2n) is 3.75. The third-order valence-corrected chi connectivity index (χ3v) is 2.50. The van der Waals surface area contributed by atoms with Crippen molar-refractivity contribution in [2.75, 3.05) is 6.61 Å². The van der Waals surface area contributed by atoms with Crippen LogP contribution in [-0.4, -0.2) is 11.7 Å². The van der Waals surface area contributed by atoms with Gasteiger partial charge < -0.3 is 5.11 Å². The maximum Gasteiger partial charge on any atom is 0.162 e. The van der Waals surface area contributed by atoms with E-state index in [1.54, 1.807) is 6.07 Å². The molecule has 0 heterocycles. The van der Waals surface area contributed by atoms with Gasteiger partial charge in [-0.05, 0) is 30.4 Å². The van der Waals surface area contributed by atoms with E-state index < -0.39 is 11.6 Å². The van der Waals surface area contributed by atoms with Crippen LogP contribution in [-0.2, 0) is 6.42 Å². The lowest BCUT2D eigenvalue weighted by Crippen LogP contribution is -2.10. The second-order valence-corrected chi connectivity index (χ2v) is 3.75. The maximum atomic E-state index is 13.3. The Labute approximate surface area is 88.7 Å². The molecule has 84 valence electrons. The second kappa shape index (κ2) is 5.81. The Hall–Kier alpha value is -0.960. The molecule has 0 radical (unpaired) electrons. The van der Waals surface area contributed by atoms with Gasteiger partial charge in [0, 0.05) is 6.61 Å². The minimum Gasteiger partial charge on any atom is -0.396 e. The zero-order valence-electron chi connectivity index (χ0n) is 8.84. The number of aliphatic hydroxyl groups is 1. The molecule has 1 rings (SSSR count). The summed E-state index contributed by atoms with van der Waals surface area (Å²) in [5, 5.41) is 9.06. The number of hydrogen-bond donors (Lipinski definition) is 1. The molecule has 0 spiro atoms. The van der Waals surface area contributed by atoms with Gasteiger partial charge in [-0.1, -0.05) is 25.5 Å². The Kier molecular flexibility index (Phi) is 4.69. The van der Waals surface area contributed by atoms with Crippen molar-refractivity contribution in [3.05, 3.63) is 35.4 Å². The number of benzene rings is 1. The lowest BCUT2D eigenvalue weighted by atomic mass is 9.95. The first kappa shape index (κ1) is 12.1. The summed E-state index contributed by atoms with van der Waals surface area (Å²) >= 11 is 0. The Morgan fingerprint density at radius 1 is 1.33 bits per heavy atom. The van der Waals surface area contributed by atoms with Crippen LogP contribution in [0.15, 0.2) is 18.2 Å². The topological polar surface area (TPSA) is 20.2 Å². The molecule has 0 bridgehead atoms. The van der Waals surface area contributed by atoms with Gasteiger partial charge in [-0.25, -0.2) is 8.78 Å². The fraction of sp³-hybridized carbons (Fsp3) is 0.500. The molecule has 0 fully saturated rings. The van der Waals surface area contributed by atoms with Gasteiger partial charge in [0.2, 0.25) is 0 Å². The first-order chi connectivity index (χ1) is 7.19. The largest absolute Gasteiger partial charge is 0.396 e. The Bertz CT molecular complexity index is 312. The molecule has 1 nitrogen and oxygen atoms in total. The molecule has 3 heteroatoms. The minimum absolute atomic E-state index is 0.0177. The van der Waals surface area contributed by atoms with Gasteiger partial charge in [0.25, 0.3) is 0 Å². The zero-order valence-corrected chi connectivity index (χ0v) is 8.84. The van der Waals surface area contributed by atoms with E-state index in [-0.39, 0.29) is 12.5 Å². The van der Waals surface area contributed by atoms with Gasteiger partial charge in [0.15, 0.2) is 11.6 Å². The molecule has 1 N–H and O–H groups in total. The molecule has 1 atom stereocenters. The number of hydrogen-bond acceptors (Lipinski definition) is 1. The summed E-state index contributed by atoms with van der Waals surface area (Å²) in [7, 11) is 0. The third kappa shape index (κ3) is 3.27. The summed E-state index contributed by atoms with van der Waals surface area (Å²) in [6.45, 7) is 2.02. The van der Waals surface area contributed by atoms with Crippen molar-refractivity contribution in [2.45, 2.75) is 26.2 Å². The highest BCUT2D eigenvalue weighted by Crippen LogP contribution is 2.18. The molecule has 1 unspecified atom stereocenters. The predicted molar refractivity (Wildman–Crippen MR) is 55.5 cm³/mol. The van der Waals surface area contributed by atoms with Crippen LogP contribution in [0.4, 0.5) is 8.78 Å². The van der Waals surface area contributed by atoms with Crippen LogP contribution >= 0.6 is 0 Å². The van der Waals surface area contributed by atoms with E-state index in [9.17, 15) is 8.78 Å². The van der Waals surface area contributed by atoms with Gasteiger partial charge in [-0.3, -0.25) is 0 Å². The van der Waals surface area contributed by atoms with Gasteiger partial charge in [0.05, 0.1) is 0 Å². The zero-order chi connectivity index (χ0) is 11.3. The van der Waals surface area contributed by atoms with Crippen LogP contribution in [0.3, 0.4) is 0 Å². The highest BCUT2D eigenvalue weighted by Gasteiger charge is 2.13. The fourth-order valence-electron chi connectivity index (χ4n) is 1.68. The molecule has 1 aromatic rings. The number of aliphatic hydroxyl groups excluding tert-OH is 1. The van der Waals surface area contributed by atoms with Crippen LogP contribution in [0.5, 0.6) is 0 Å². The molecule has 15 heavy (non-hydrogen) atoms. The fourth-order valence-corrected chi connectivity index (χ4v) is 1.68. The summed E-state index contributed by atoms with van der Waals surface area (Å²) in [4.78, 5) is 0. The van der Waals surface area contributed by atoms with Crippen LogP contribution < -0.4 is 0 Å². The van der Waals surface area contributed by atoms with E-state index in [0.717, 1.165) is 18.9 Å². The van der Waals surface area contributed by atoms with Crippen molar-refractivity contribution in [2.24, 2.45) is 5.92 Å². The average Bonchev–Trinajstić information content (AvgIpc) is 2.24. The summed E-state index contributed by atoms with van der Waals surface area (Å²) < 4.78 is 26.2. The Morgan fingerprint density at radius 2 is 2.07 bits per heavy atom. The summed E-state index contributed by atoms with van der Waals surface area (Å²) in [6.07, 6.45) is 2.16. The smallest absolute Gasteiger partial charge is 0.162 e. The molecule has 0 aliphatic heterocycles. The lowest BCUT2D eigenvalue weighted by Gasteiger charge is -2.13. The van der Waals surface area contributed by atoms with Crippen molar-refractivity contribution < 1.29 is 13.9 Å². The highest BCUT2D eigenvalue weighted by molar-refractivity contribution is 5.19. The summed E-state index contributed by atoms with van der Waals surface area (Å²) in [5.41, 5.74) is 0.350. The molecule has 0 saturated carbocycles. The predicted octanol–water partition coefficient (Wildman–Crippen LogP) is 2.92. The normalized spacial score (nSPS) is 12.8. The molecule has 0 aliphatic rings. The standard InChI is InChI=1S/C12H16F2O/c1-2-4-9(8-15)7-10-5-3-6-11(13)12(10)14/h3,5-6,9,15H,2,4,7-8H2,1H3. The van der Waals surface area contributed by atoms with E-state index in [1.807, 2.05) is 6.92 Å². The molecule has 0 aliphatic carbocycles. The molecule has 1 aromatic carbocycles. The summed E-state index contributed by atoms with van der Waals surface area (Å²) in [6, 6.07) is 4.16. The van der Waals surface area contributed by atoms with Gasteiger partial charge >= 0.3 is 0 Å². The molecule has 0 saturated heterocycles. The van der Waals surface area contributed by atoms with Gasteiger partial charge in [-0.15, -0.1) is 0 Å². The Morgan fingerprint density at radius 3 is 2.67 bits per heavy atom. The summed E-state index contributed by atoms with van der Waals surface area (Å²) in [5.74, 6) is -1.58. The molecular formula is C12H16F2O. The van der Waals surface area contributed by atoms with E-state index in [0.29, 0.717) is 12.0 Å². The van der Waals surface area contributed by atoms with E-state index >= 15 is 0 Å². The number of halogens is 2. The molecule has 0 aromatic heterocycles. The van der Waals surface area contributed by atoms with Crippen molar-refractivity contribution in [3.8, 4) is 0 Å². The molecular weight excluding hydrogens is 198 g/mol. The maximum absolute atomic E-state index is 13.3. The first-order valence-corrected chi connectivity index (χ1v) is 5.22. The third-order valence-electron chi connectivity index (χ3n) is 2.50. The van der Waals surface area contributed by atoms with Crippen molar-refractivity contribution in [1.29, 1.82) is 0 Å². The highest BCUT2D eigenvalue weighted by atomic mass is 19.2. The Balaban J connectivity index is 2.74. The monoisotopic (exact) mass is 214 g/mol. The van der Waals surface area contributed by atoms with Crippen LogP contribution in [0.25, 0.3) is 0 Å². The van der Waals surface area contributed by atoms with Crippen LogP contribution in [0.1, 0.15) is 25.3 Å². The number of rotatable bonds is 5. The van der Waals surface area contributed by atoms with Crippen molar-refractivity contribution in [3.63, 3.8) is 0 Å².